The highest BCUT2D eigenvalue weighted by Crippen LogP contribution is 2.25. The molecule has 0 aliphatic carbocycles. The first kappa shape index (κ1) is 23.1. The number of carbonyl (C=O) groups excluding carboxylic acids is 2. The van der Waals surface area contributed by atoms with Crippen LogP contribution < -0.4 is 4.90 Å². The minimum Gasteiger partial charge on any atom is -0.345 e. The van der Waals surface area contributed by atoms with Gasteiger partial charge >= 0.3 is 6.03 Å². The molecule has 0 saturated carbocycles. The molecular weight excluding hydrogens is 444 g/mol. The zero-order valence-corrected chi connectivity index (χ0v) is 19.5. The van der Waals surface area contributed by atoms with Crippen LogP contribution in [0, 0.1) is 16.0 Å². The molecular formula is C22H28N6O4S. The second kappa shape index (κ2) is 10.2. The van der Waals surface area contributed by atoms with Crippen LogP contribution >= 0.6 is 11.5 Å². The molecule has 2 aliphatic heterocycles. The van der Waals surface area contributed by atoms with Crippen LogP contribution in [0.1, 0.15) is 37.6 Å². The Kier molecular flexibility index (Phi) is 7.17. The summed E-state index contributed by atoms with van der Waals surface area (Å²) in [5, 5.41) is 12.0. The van der Waals surface area contributed by atoms with E-state index in [1.54, 1.807) is 25.1 Å². The normalized spacial score (nSPS) is 17.7. The zero-order valence-electron chi connectivity index (χ0n) is 18.7. The topological polar surface area (TPSA) is 113 Å². The molecule has 176 valence electrons. The van der Waals surface area contributed by atoms with Crippen molar-refractivity contribution in [1.29, 1.82) is 0 Å². The van der Waals surface area contributed by atoms with E-state index < -0.39 is 0 Å². The van der Waals surface area contributed by atoms with Crippen molar-refractivity contribution in [2.75, 3.05) is 44.2 Å². The number of nitrogens with zero attached hydrogens (tertiary/aromatic N) is 6. The third kappa shape index (κ3) is 5.47. The molecule has 2 aliphatic rings. The van der Waals surface area contributed by atoms with Gasteiger partial charge in [0.15, 0.2) is 0 Å². The quantitative estimate of drug-likeness (QED) is 0.486. The molecule has 2 saturated heterocycles. The molecule has 33 heavy (non-hydrogen) atoms. The van der Waals surface area contributed by atoms with Gasteiger partial charge in [0.1, 0.15) is 11.6 Å². The summed E-state index contributed by atoms with van der Waals surface area (Å²) < 4.78 is 4.42. The van der Waals surface area contributed by atoms with Gasteiger partial charge in [0.2, 0.25) is 5.13 Å². The van der Waals surface area contributed by atoms with Gasteiger partial charge in [0, 0.05) is 74.8 Å². The molecule has 3 heterocycles. The summed E-state index contributed by atoms with van der Waals surface area (Å²) in [4.78, 5) is 46.0. The van der Waals surface area contributed by atoms with Gasteiger partial charge in [-0.25, -0.2) is 9.78 Å². The monoisotopic (exact) mass is 472 g/mol. The molecule has 0 radical (unpaired) electrons. The number of anilines is 1. The van der Waals surface area contributed by atoms with Crippen molar-refractivity contribution in [3.8, 4) is 0 Å². The zero-order chi connectivity index (χ0) is 23.4. The fourth-order valence-corrected chi connectivity index (χ4v) is 5.17. The molecule has 1 aromatic heterocycles. The maximum absolute atomic E-state index is 13.0. The number of likely N-dealkylation sites (tertiary alicyclic amines) is 1. The first-order valence-corrected chi connectivity index (χ1v) is 12.0. The Balaban J connectivity index is 1.34. The van der Waals surface area contributed by atoms with E-state index in [1.165, 1.54) is 17.6 Å². The average Bonchev–Trinajstić information content (AvgIpc) is 3.13. The molecule has 0 bridgehead atoms. The maximum atomic E-state index is 13.0. The number of hydrogen-bond acceptors (Lipinski definition) is 8. The van der Waals surface area contributed by atoms with Gasteiger partial charge in [-0.3, -0.25) is 14.9 Å². The lowest BCUT2D eigenvalue weighted by Gasteiger charge is -2.34. The Labute approximate surface area is 196 Å². The van der Waals surface area contributed by atoms with Crippen LogP contribution in [0.25, 0.3) is 0 Å². The maximum Gasteiger partial charge on any atom is 0.320 e. The van der Waals surface area contributed by atoms with E-state index in [4.69, 9.17) is 0 Å². The fourth-order valence-electron chi connectivity index (χ4n) is 4.43. The van der Waals surface area contributed by atoms with Gasteiger partial charge < -0.3 is 14.7 Å². The third-order valence-corrected chi connectivity index (χ3v) is 7.19. The number of aromatic nitrogens is 2. The van der Waals surface area contributed by atoms with Gasteiger partial charge in [-0.2, -0.15) is 4.37 Å². The predicted molar refractivity (Wildman–Crippen MR) is 125 cm³/mol. The van der Waals surface area contributed by atoms with Crippen LogP contribution in [0.4, 0.5) is 15.6 Å². The Hall–Kier alpha value is -3.08. The third-order valence-electron chi connectivity index (χ3n) is 6.37. The van der Waals surface area contributed by atoms with Gasteiger partial charge in [0.05, 0.1) is 4.92 Å². The summed E-state index contributed by atoms with van der Waals surface area (Å²) in [5.41, 5.74) is 0.665. The van der Waals surface area contributed by atoms with Crippen molar-refractivity contribution in [3.63, 3.8) is 0 Å². The van der Waals surface area contributed by atoms with Crippen molar-refractivity contribution < 1.29 is 14.5 Å². The smallest absolute Gasteiger partial charge is 0.320 e. The summed E-state index contributed by atoms with van der Waals surface area (Å²) in [6, 6.07) is 6.70. The van der Waals surface area contributed by atoms with Crippen LogP contribution in [0.5, 0.6) is 0 Å². The molecule has 2 aromatic rings. The van der Waals surface area contributed by atoms with Crippen LogP contribution in [0.2, 0.25) is 0 Å². The van der Waals surface area contributed by atoms with Crippen molar-refractivity contribution >= 4 is 34.2 Å². The highest BCUT2D eigenvalue weighted by molar-refractivity contribution is 7.09. The lowest BCUT2D eigenvalue weighted by Crippen LogP contribution is -2.48. The number of benzene rings is 1. The van der Waals surface area contributed by atoms with Crippen LogP contribution in [-0.4, -0.2) is 75.2 Å². The number of para-hydroxylation sites is 1. The Morgan fingerprint density at radius 3 is 2.55 bits per heavy atom. The summed E-state index contributed by atoms with van der Waals surface area (Å²) in [7, 11) is 0. The van der Waals surface area contributed by atoms with Crippen LogP contribution in [0.3, 0.4) is 0 Å². The lowest BCUT2D eigenvalue weighted by atomic mass is 9.93. The average molecular weight is 473 g/mol. The van der Waals surface area contributed by atoms with E-state index in [0.717, 1.165) is 30.9 Å². The Morgan fingerprint density at radius 1 is 1.09 bits per heavy atom. The first-order valence-electron chi connectivity index (χ1n) is 11.3. The molecule has 2 fully saturated rings. The van der Waals surface area contributed by atoms with Crippen molar-refractivity contribution in [2.24, 2.45) is 5.92 Å². The van der Waals surface area contributed by atoms with E-state index in [1.807, 2.05) is 9.80 Å². The fraction of sp³-hybridized carbons (Fsp3) is 0.545. The van der Waals surface area contributed by atoms with Crippen molar-refractivity contribution in [3.05, 3.63) is 45.8 Å². The Bertz CT molecular complexity index is 1020. The summed E-state index contributed by atoms with van der Waals surface area (Å²) in [6.07, 6.45) is 2.62. The number of urea groups is 1. The largest absolute Gasteiger partial charge is 0.345 e. The number of carbonyl (C=O) groups is 2. The van der Waals surface area contributed by atoms with Gasteiger partial charge in [-0.15, -0.1) is 0 Å². The second-order valence-corrected chi connectivity index (χ2v) is 9.27. The second-order valence-electron chi connectivity index (χ2n) is 8.54. The number of rotatable bonds is 5. The van der Waals surface area contributed by atoms with Crippen LogP contribution in [-0.2, 0) is 11.2 Å². The summed E-state index contributed by atoms with van der Waals surface area (Å²) in [5.74, 6) is 0.859. The lowest BCUT2D eigenvalue weighted by molar-refractivity contribution is -0.385. The van der Waals surface area contributed by atoms with E-state index in [2.05, 4.69) is 14.3 Å². The molecule has 0 atom stereocenters. The number of nitro benzene ring substituents is 1. The number of piperidine rings is 1. The molecule has 10 nitrogen and oxygen atoms in total. The van der Waals surface area contributed by atoms with Gasteiger partial charge in [-0.1, -0.05) is 18.2 Å². The standard InChI is InChI=1S/C22H28N6O4S/c1-16(29)17-7-11-27(12-8-17)22(30)26-10-4-9-25(13-14-26)21-23-20(24-33-21)15-18-5-2-3-6-19(18)28(31)32/h2-3,5-6,17H,4,7-15H2,1H3. The van der Waals surface area contributed by atoms with E-state index in [9.17, 15) is 19.7 Å². The number of hydrogen-bond donors (Lipinski definition) is 0. The predicted octanol–water partition coefficient (Wildman–Crippen LogP) is 2.97. The van der Waals surface area contributed by atoms with E-state index >= 15 is 0 Å². The highest BCUT2D eigenvalue weighted by atomic mass is 32.1. The summed E-state index contributed by atoms with van der Waals surface area (Å²) >= 11 is 1.29. The molecule has 1 aromatic carbocycles. The number of Topliss-reactive ketones (excluding diaryl/α,β-unsaturated/α-hetero) is 1. The van der Waals surface area contributed by atoms with Crippen LogP contribution in [0.15, 0.2) is 24.3 Å². The SMILES string of the molecule is CC(=O)C1CCN(C(=O)N2CCCN(c3nc(Cc4ccccc4[N+](=O)[O-])ns3)CC2)CC1. The number of amides is 2. The Morgan fingerprint density at radius 2 is 1.82 bits per heavy atom. The van der Waals surface area contributed by atoms with Crippen molar-refractivity contribution in [1.82, 2.24) is 19.2 Å². The molecule has 11 heteroatoms. The first-order chi connectivity index (χ1) is 15.9. The molecule has 0 N–H and O–H groups in total. The minimum absolute atomic E-state index is 0.0493. The molecule has 2 amide bonds. The minimum atomic E-state index is -0.383. The molecule has 0 spiro atoms. The number of nitro groups is 1. The van der Waals surface area contributed by atoms with E-state index in [-0.39, 0.29) is 28.3 Å². The van der Waals surface area contributed by atoms with Crippen molar-refractivity contribution in [2.45, 2.75) is 32.6 Å². The number of ketones is 1. The molecule has 4 rings (SSSR count). The van der Waals surface area contributed by atoms with Gasteiger partial charge in [-0.05, 0) is 26.2 Å². The summed E-state index contributed by atoms with van der Waals surface area (Å²) in [6.45, 7) is 5.62. The highest BCUT2D eigenvalue weighted by Gasteiger charge is 2.29. The van der Waals surface area contributed by atoms with Gasteiger partial charge in [0.25, 0.3) is 5.69 Å². The molecule has 0 unspecified atom stereocenters. The van der Waals surface area contributed by atoms with E-state index in [0.29, 0.717) is 50.5 Å².